The van der Waals surface area contributed by atoms with Gasteiger partial charge in [0.15, 0.2) is 0 Å². The van der Waals surface area contributed by atoms with Crippen LogP contribution in [0.3, 0.4) is 0 Å². The number of carbonyl (C=O) groups excluding carboxylic acids is 1. The monoisotopic (exact) mass is 315 g/mol. The Bertz CT molecular complexity index is 600. The van der Waals surface area contributed by atoms with E-state index in [2.05, 4.69) is 17.4 Å². The fourth-order valence-corrected chi connectivity index (χ4v) is 4.54. The molecule has 4 heteroatoms. The first kappa shape index (κ1) is 15.2. The summed E-state index contributed by atoms with van der Waals surface area (Å²) >= 11 is 0. The van der Waals surface area contributed by atoms with Crippen molar-refractivity contribution >= 4 is 5.91 Å². The second-order valence-electron chi connectivity index (χ2n) is 7.10. The molecule has 3 aliphatic rings. The number of carbonyl (C=O) groups is 1. The zero-order chi connectivity index (χ0) is 15.8. The van der Waals surface area contributed by atoms with Crippen molar-refractivity contribution in [3.63, 3.8) is 0 Å². The lowest BCUT2D eigenvalue weighted by Crippen LogP contribution is -2.62. The van der Waals surface area contributed by atoms with E-state index in [1.165, 1.54) is 24.0 Å². The summed E-state index contributed by atoms with van der Waals surface area (Å²) in [7, 11) is 1.71. The van der Waals surface area contributed by atoms with Crippen LogP contribution in [0.2, 0.25) is 0 Å². The Balaban J connectivity index is 1.47. The van der Waals surface area contributed by atoms with E-state index in [0.29, 0.717) is 12.5 Å². The highest BCUT2D eigenvalue weighted by molar-refractivity contribution is 5.94. The molecule has 2 aliphatic carbocycles. The van der Waals surface area contributed by atoms with Crippen molar-refractivity contribution in [1.82, 2.24) is 5.32 Å². The first-order valence-corrected chi connectivity index (χ1v) is 8.81. The third-order valence-corrected chi connectivity index (χ3v) is 5.80. The van der Waals surface area contributed by atoms with Crippen molar-refractivity contribution in [2.45, 2.75) is 44.2 Å². The molecule has 0 radical (unpaired) electrons. The molecule has 23 heavy (non-hydrogen) atoms. The fraction of sp³-hybridized carbons (Fsp3) is 0.632. The molecule has 0 spiro atoms. The molecule has 1 heterocycles. The van der Waals surface area contributed by atoms with E-state index in [1.54, 1.807) is 7.11 Å². The first-order valence-electron chi connectivity index (χ1n) is 8.81. The van der Waals surface area contributed by atoms with E-state index in [4.69, 9.17) is 9.47 Å². The third-order valence-electron chi connectivity index (χ3n) is 5.80. The molecular formula is C19H25NO3. The maximum atomic E-state index is 12.7. The number of hydrogen-bond acceptors (Lipinski definition) is 3. The van der Waals surface area contributed by atoms with Crippen LogP contribution in [0.5, 0.6) is 0 Å². The van der Waals surface area contributed by atoms with Crippen molar-refractivity contribution in [3.05, 3.63) is 34.9 Å². The predicted octanol–water partition coefficient (Wildman–Crippen LogP) is 2.35. The van der Waals surface area contributed by atoms with Crippen LogP contribution in [0.25, 0.3) is 0 Å². The maximum absolute atomic E-state index is 12.7. The van der Waals surface area contributed by atoms with Gasteiger partial charge in [-0.3, -0.25) is 4.79 Å². The second-order valence-corrected chi connectivity index (χ2v) is 7.10. The van der Waals surface area contributed by atoms with Gasteiger partial charge >= 0.3 is 0 Å². The van der Waals surface area contributed by atoms with E-state index in [1.807, 2.05) is 6.07 Å². The Morgan fingerprint density at radius 1 is 1.30 bits per heavy atom. The van der Waals surface area contributed by atoms with E-state index < -0.39 is 0 Å². The van der Waals surface area contributed by atoms with E-state index in [-0.39, 0.29) is 24.0 Å². The average Bonchev–Trinajstić information content (AvgIpc) is 3.01. The van der Waals surface area contributed by atoms with Crippen LogP contribution >= 0.6 is 0 Å². The average molecular weight is 315 g/mol. The SMILES string of the molecule is COC[C@@H]1[C@H](NC(=O)c2ccc3c(c2)CCCC3)[C@@H]2CCO[C@H]12. The summed E-state index contributed by atoms with van der Waals surface area (Å²) < 4.78 is 11.1. The summed E-state index contributed by atoms with van der Waals surface area (Å²) in [6, 6.07) is 6.40. The van der Waals surface area contributed by atoms with Gasteiger partial charge in [0.05, 0.1) is 12.7 Å². The van der Waals surface area contributed by atoms with Gasteiger partial charge in [0.1, 0.15) is 0 Å². The fourth-order valence-electron chi connectivity index (χ4n) is 4.54. The van der Waals surface area contributed by atoms with Gasteiger partial charge in [-0.15, -0.1) is 0 Å². The lowest BCUT2D eigenvalue weighted by atomic mass is 9.67. The second kappa shape index (κ2) is 6.25. The summed E-state index contributed by atoms with van der Waals surface area (Å²) in [6.45, 7) is 1.46. The zero-order valence-electron chi connectivity index (χ0n) is 13.7. The highest BCUT2D eigenvalue weighted by Crippen LogP contribution is 2.43. The molecule has 0 bridgehead atoms. The Morgan fingerprint density at radius 2 is 2.13 bits per heavy atom. The topological polar surface area (TPSA) is 47.6 Å². The maximum Gasteiger partial charge on any atom is 0.251 e. The Kier molecular flexibility index (Phi) is 4.12. The molecule has 1 aliphatic heterocycles. The first-order chi connectivity index (χ1) is 11.3. The van der Waals surface area contributed by atoms with Crippen LogP contribution in [0.1, 0.15) is 40.7 Å². The predicted molar refractivity (Wildman–Crippen MR) is 87.6 cm³/mol. The highest BCUT2D eigenvalue weighted by atomic mass is 16.5. The van der Waals surface area contributed by atoms with Crippen LogP contribution in [0.4, 0.5) is 0 Å². The Hall–Kier alpha value is -1.39. The summed E-state index contributed by atoms with van der Waals surface area (Å²) in [6.07, 6.45) is 6.06. The number of benzene rings is 1. The van der Waals surface area contributed by atoms with Crippen LogP contribution in [0, 0.1) is 11.8 Å². The molecule has 4 nitrogen and oxygen atoms in total. The van der Waals surface area contributed by atoms with E-state index in [0.717, 1.165) is 31.4 Å². The number of ether oxygens (including phenoxy) is 2. The van der Waals surface area contributed by atoms with Crippen molar-refractivity contribution in [2.75, 3.05) is 20.3 Å². The summed E-state index contributed by atoms with van der Waals surface area (Å²) in [4.78, 5) is 12.7. The van der Waals surface area contributed by atoms with E-state index in [9.17, 15) is 4.79 Å². The molecule has 1 saturated carbocycles. The van der Waals surface area contributed by atoms with Gasteiger partial charge in [-0.2, -0.15) is 0 Å². The standard InChI is InChI=1S/C19H25NO3/c1-22-11-16-17(15-8-9-23-18(15)16)20-19(21)14-7-6-12-4-2-3-5-13(12)10-14/h6-7,10,15-18H,2-5,8-9,11H2,1H3,(H,20,21)/t15-,16+,17+,18-/m0/s1. The highest BCUT2D eigenvalue weighted by Gasteiger charge is 2.54. The minimum atomic E-state index is 0.0508. The van der Waals surface area contributed by atoms with Gasteiger partial charge in [-0.25, -0.2) is 0 Å². The molecule has 1 saturated heterocycles. The molecule has 4 rings (SSSR count). The van der Waals surface area contributed by atoms with Gasteiger partial charge in [0.2, 0.25) is 0 Å². The zero-order valence-corrected chi connectivity index (χ0v) is 13.7. The normalized spacial score (nSPS) is 31.9. The minimum Gasteiger partial charge on any atom is -0.384 e. The Labute approximate surface area is 137 Å². The van der Waals surface area contributed by atoms with Crippen molar-refractivity contribution in [3.8, 4) is 0 Å². The molecule has 4 atom stereocenters. The number of amides is 1. The van der Waals surface area contributed by atoms with Crippen molar-refractivity contribution in [1.29, 1.82) is 0 Å². The number of rotatable bonds is 4. The lowest BCUT2D eigenvalue weighted by Gasteiger charge is -2.47. The quantitative estimate of drug-likeness (QED) is 0.928. The van der Waals surface area contributed by atoms with Crippen molar-refractivity contribution < 1.29 is 14.3 Å². The Morgan fingerprint density at radius 3 is 2.96 bits per heavy atom. The van der Waals surface area contributed by atoms with Crippen LogP contribution in [-0.2, 0) is 22.3 Å². The number of hydrogen-bond donors (Lipinski definition) is 1. The van der Waals surface area contributed by atoms with Gasteiger partial charge in [-0.1, -0.05) is 6.07 Å². The van der Waals surface area contributed by atoms with Gasteiger partial charge in [0.25, 0.3) is 5.91 Å². The summed E-state index contributed by atoms with van der Waals surface area (Å²) in [5, 5.41) is 3.25. The van der Waals surface area contributed by atoms with Gasteiger partial charge < -0.3 is 14.8 Å². The van der Waals surface area contributed by atoms with Gasteiger partial charge in [-0.05, 0) is 55.4 Å². The number of nitrogens with one attached hydrogen (secondary N) is 1. The molecular weight excluding hydrogens is 290 g/mol. The molecule has 2 fully saturated rings. The molecule has 1 aromatic rings. The van der Waals surface area contributed by atoms with Crippen LogP contribution in [-0.4, -0.2) is 38.4 Å². The van der Waals surface area contributed by atoms with Gasteiger partial charge in [0, 0.05) is 37.2 Å². The van der Waals surface area contributed by atoms with Crippen molar-refractivity contribution in [2.24, 2.45) is 11.8 Å². The van der Waals surface area contributed by atoms with Crippen LogP contribution < -0.4 is 5.32 Å². The van der Waals surface area contributed by atoms with E-state index >= 15 is 0 Å². The third kappa shape index (κ3) is 2.68. The number of methoxy groups -OCH3 is 1. The summed E-state index contributed by atoms with van der Waals surface area (Å²) in [5.74, 6) is 0.792. The van der Waals surface area contributed by atoms with Crippen LogP contribution in [0.15, 0.2) is 18.2 Å². The molecule has 1 N–H and O–H groups in total. The molecule has 124 valence electrons. The molecule has 1 aromatic carbocycles. The molecule has 1 amide bonds. The molecule has 0 unspecified atom stereocenters. The smallest absolute Gasteiger partial charge is 0.251 e. The number of fused-ring (bicyclic) bond motifs is 2. The minimum absolute atomic E-state index is 0.0508. The number of aryl methyl sites for hydroxylation is 2. The summed E-state index contributed by atoms with van der Waals surface area (Å²) in [5.41, 5.74) is 3.56. The largest absolute Gasteiger partial charge is 0.384 e. The lowest BCUT2D eigenvalue weighted by molar-refractivity contribution is -0.0809. The molecule has 0 aromatic heterocycles.